The molecule has 142 valence electrons. The SMILES string of the molecule is Cc1ccc(C(=O)N2CCN(C(=O)c3ccc(N(C)C)nc3)CC2)cc1F. The molecular formula is C20H23FN4O2. The third kappa shape index (κ3) is 4.07. The lowest BCUT2D eigenvalue weighted by molar-refractivity contribution is 0.0535. The van der Waals surface area contributed by atoms with Gasteiger partial charge in [-0.2, -0.15) is 0 Å². The van der Waals surface area contributed by atoms with Gasteiger partial charge in [-0.1, -0.05) is 6.07 Å². The van der Waals surface area contributed by atoms with Gasteiger partial charge < -0.3 is 14.7 Å². The van der Waals surface area contributed by atoms with Gasteiger partial charge in [0, 0.05) is 52.0 Å². The second kappa shape index (κ2) is 7.73. The Hall–Kier alpha value is -2.96. The molecular weight excluding hydrogens is 347 g/mol. The fraction of sp³-hybridized carbons (Fsp3) is 0.350. The van der Waals surface area contributed by atoms with E-state index in [1.165, 1.54) is 6.07 Å². The minimum atomic E-state index is -0.386. The van der Waals surface area contributed by atoms with Crippen LogP contribution in [0.5, 0.6) is 0 Å². The first kappa shape index (κ1) is 18.8. The largest absolute Gasteiger partial charge is 0.363 e. The number of benzene rings is 1. The summed E-state index contributed by atoms with van der Waals surface area (Å²) in [5, 5.41) is 0. The number of piperazine rings is 1. The zero-order valence-electron chi connectivity index (χ0n) is 15.8. The first-order valence-electron chi connectivity index (χ1n) is 8.85. The van der Waals surface area contributed by atoms with Gasteiger partial charge in [-0.3, -0.25) is 9.59 Å². The van der Waals surface area contributed by atoms with Gasteiger partial charge in [0.05, 0.1) is 5.56 Å². The maximum absolute atomic E-state index is 13.7. The van der Waals surface area contributed by atoms with Crippen molar-refractivity contribution in [2.45, 2.75) is 6.92 Å². The Bertz CT molecular complexity index is 844. The molecule has 2 aromatic rings. The Labute approximate surface area is 158 Å². The molecule has 0 unspecified atom stereocenters. The number of carbonyl (C=O) groups excluding carboxylic acids is 2. The standard InChI is InChI=1S/C20H23FN4O2/c1-14-4-5-15(12-17(14)21)19(26)24-8-10-25(11-9-24)20(27)16-6-7-18(22-13-16)23(2)3/h4-7,12-13H,8-11H2,1-3H3. The van der Waals surface area contributed by atoms with Crippen molar-refractivity contribution in [2.75, 3.05) is 45.2 Å². The van der Waals surface area contributed by atoms with Crippen molar-refractivity contribution < 1.29 is 14.0 Å². The van der Waals surface area contributed by atoms with Crippen LogP contribution in [-0.4, -0.2) is 66.9 Å². The maximum atomic E-state index is 13.7. The molecule has 0 saturated carbocycles. The molecule has 1 fully saturated rings. The van der Waals surface area contributed by atoms with Gasteiger partial charge in [0.25, 0.3) is 11.8 Å². The minimum absolute atomic E-state index is 0.0960. The summed E-state index contributed by atoms with van der Waals surface area (Å²) in [5.41, 5.74) is 1.37. The highest BCUT2D eigenvalue weighted by Crippen LogP contribution is 2.15. The Kier molecular flexibility index (Phi) is 5.39. The monoisotopic (exact) mass is 370 g/mol. The van der Waals surface area contributed by atoms with E-state index in [0.717, 1.165) is 5.82 Å². The van der Waals surface area contributed by atoms with E-state index in [2.05, 4.69) is 4.98 Å². The van der Waals surface area contributed by atoms with Gasteiger partial charge in [0.1, 0.15) is 11.6 Å². The minimum Gasteiger partial charge on any atom is -0.363 e. The number of pyridine rings is 1. The van der Waals surface area contributed by atoms with Crippen molar-refractivity contribution in [3.63, 3.8) is 0 Å². The van der Waals surface area contributed by atoms with Crippen LogP contribution in [0.15, 0.2) is 36.5 Å². The number of anilines is 1. The summed E-state index contributed by atoms with van der Waals surface area (Å²) < 4.78 is 13.7. The van der Waals surface area contributed by atoms with Crippen LogP contribution in [0.25, 0.3) is 0 Å². The average molecular weight is 370 g/mol. The highest BCUT2D eigenvalue weighted by atomic mass is 19.1. The molecule has 27 heavy (non-hydrogen) atoms. The summed E-state index contributed by atoms with van der Waals surface area (Å²) in [6, 6.07) is 8.08. The Balaban J connectivity index is 1.61. The lowest BCUT2D eigenvalue weighted by Crippen LogP contribution is -2.50. The summed E-state index contributed by atoms with van der Waals surface area (Å²) in [7, 11) is 3.78. The number of aromatic nitrogens is 1. The number of nitrogens with zero attached hydrogens (tertiary/aromatic N) is 4. The number of hydrogen-bond acceptors (Lipinski definition) is 4. The smallest absolute Gasteiger partial charge is 0.255 e. The molecule has 2 amide bonds. The van der Waals surface area contributed by atoms with Crippen molar-refractivity contribution in [1.82, 2.24) is 14.8 Å². The molecule has 1 aliphatic rings. The molecule has 0 spiro atoms. The van der Waals surface area contributed by atoms with E-state index in [0.29, 0.717) is 42.9 Å². The predicted octanol–water partition coefficient (Wildman–Crippen LogP) is 2.19. The van der Waals surface area contributed by atoms with Crippen LogP contribution in [0, 0.1) is 12.7 Å². The molecule has 0 bridgehead atoms. The highest BCUT2D eigenvalue weighted by Gasteiger charge is 2.26. The summed E-state index contributed by atoms with van der Waals surface area (Å²) in [6.45, 7) is 3.38. The van der Waals surface area contributed by atoms with E-state index in [1.54, 1.807) is 47.2 Å². The van der Waals surface area contributed by atoms with Crippen LogP contribution in [0.4, 0.5) is 10.2 Å². The summed E-state index contributed by atoms with van der Waals surface area (Å²) in [5.74, 6) is 0.0925. The lowest BCUT2D eigenvalue weighted by atomic mass is 10.1. The third-order valence-corrected chi connectivity index (χ3v) is 4.73. The Morgan fingerprint density at radius 3 is 2.00 bits per heavy atom. The normalized spacial score (nSPS) is 14.2. The lowest BCUT2D eigenvalue weighted by Gasteiger charge is -2.34. The molecule has 0 N–H and O–H groups in total. The number of amides is 2. The van der Waals surface area contributed by atoms with Gasteiger partial charge in [0.2, 0.25) is 0 Å². The van der Waals surface area contributed by atoms with Crippen LogP contribution in [0.1, 0.15) is 26.3 Å². The Morgan fingerprint density at radius 1 is 0.963 bits per heavy atom. The molecule has 6 nitrogen and oxygen atoms in total. The van der Waals surface area contributed by atoms with E-state index < -0.39 is 0 Å². The molecule has 1 aliphatic heterocycles. The molecule has 1 saturated heterocycles. The van der Waals surface area contributed by atoms with E-state index in [1.807, 2.05) is 19.0 Å². The highest BCUT2D eigenvalue weighted by molar-refractivity contribution is 5.96. The summed E-state index contributed by atoms with van der Waals surface area (Å²) in [6.07, 6.45) is 1.57. The van der Waals surface area contributed by atoms with Gasteiger partial charge >= 0.3 is 0 Å². The predicted molar refractivity (Wildman–Crippen MR) is 102 cm³/mol. The van der Waals surface area contributed by atoms with Crippen LogP contribution < -0.4 is 4.90 Å². The number of rotatable bonds is 3. The topological polar surface area (TPSA) is 56.8 Å². The van der Waals surface area contributed by atoms with Crippen molar-refractivity contribution in [2.24, 2.45) is 0 Å². The number of carbonyl (C=O) groups is 2. The molecule has 1 aromatic carbocycles. The fourth-order valence-electron chi connectivity index (χ4n) is 2.98. The quantitative estimate of drug-likeness (QED) is 0.831. The van der Waals surface area contributed by atoms with Crippen LogP contribution in [0.3, 0.4) is 0 Å². The summed E-state index contributed by atoms with van der Waals surface area (Å²) in [4.78, 5) is 34.7. The summed E-state index contributed by atoms with van der Waals surface area (Å²) >= 11 is 0. The second-order valence-corrected chi connectivity index (χ2v) is 6.85. The first-order chi connectivity index (χ1) is 12.9. The van der Waals surface area contributed by atoms with Crippen LogP contribution in [0.2, 0.25) is 0 Å². The van der Waals surface area contributed by atoms with E-state index in [9.17, 15) is 14.0 Å². The average Bonchev–Trinajstić information content (AvgIpc) is 2.69. The van der Waals surface area contributed by atoms with Gasteiger partial charge in [-0.25, -0.2) is 9.37 Å². The molecule has 0 radical (unpaired) electrons. The zero-order valence-corrected chi connectivity index (χ0v) is 15.8. The number of aryl methyl sites for hydroxylation is 1. The van der Waals surface area contributed by atoms with Crippen molar-refractivity contribution >= 4 is 17.6 Å². The van der Waals surface area contributed by atoms with Crippen molar-refractivity contribution in [1.29, 1.82) is 0 Å². The van der Waals surface area contributed by atoms with Crippen molar-refractivity contribution in [3.05, 3.63) is 59.0 Å². The van der Waals surface area contributed by atoms with Gasteiger partial charge in [-0.15, -0.1) is 0 Å². The second-order valence-electron chi connectivity index (χ2n) is 6.85. The molecule has 0 aliphatic carbocycles. The molecule has 0 atom stereocenters. The van der Waals surface area contributed by atoms with Crippen molar-refractivity contribution in [3.8, 4) is 0 Å². The zero-order chi connectivity index (χ0) is 19.6. The molecule has 3 rings (SSSR count). The first-order valence-corrected chi connectivity index (χ1v) is 8.85. The fourth-order valence-corrected chi connectivity index (χ4v) is 2.98. The number of hydrogen-bond donors (Lipinski definition) is 0. The Morgan fingerprint density at radius 2 is 1.52 bits per heavy atom. The van der Waals surface area contributed by atoms with Gasteiger partial charge in [0.15, 0.2) is 0 Å². The van der Waals surface area contributed by atoms with E-state index >= 15 is 0 Å². The van der Waals surface area contributed by atoms with Crippen LogP contribution >= 0.6 is 0 Å². The number of halogens is 1. The molecule has 7 heteroatoms. The molecule has 2 heterocycles. The van der Waals surface area contributed by atoms with E-state index in [-0.39, 0.29) is 17.6 Å². The maximum Gasteiger partial charge on any atom is 0.255 e. The van der Waals surface area contributed by atoms with E-state index in [4.69, 9.17) is 0 Å². The molecule has 1 aromatic heterocycles. The third-order valence-electron chi connectivity index (χ3n) is 4.73. The van der Waals surface area contributed by atoms with Crippen LogP contribution in [-0.2, 0) is 0 Å². The van der Waals surface area contributed by atoms with Gasteiger partial charge in [-0.05, 0) is 36.8 Å².